The largest absolute Gasteiger partial charge is 0.497 e. The zero-order chi connectivity index (χ0) is 18.6. The normalized spacial score (nSPS) is 16.1. The van der Waals surface area contributed by atoms with E-state index in [9.17, 15) is 0 Å². The van der Waals surface area contributed by atoms with Gasteiger partial charge in [0.05, 0.1) is 12.5 Å². The van der Waals surface area contributed by atoms with E-state index in [0.717, 1.165) is 27.6 Å². The summed E-state index contributed by atoms with van der Waals surface area (Å²) >= 11 is 1.69. The van der Waals surface area contributed by atoms with E-state index in [4.69, 9.17) is 9.72 Å². The van der Waals surface area contributed by atoms with E-state index in [1.807, 2.05) is 19.1 Å². The molecule has 1 aliphatic carbocycles. The zero-order valence-electron chi connectivity index (χ0n) is 16.1. The summed E-state index contributed by atoms with van der Waals surface area (Å²) in [6.45, 7) is 1.98. The highest BCUT2D eigenvalue weighted by atomic mass is 32.1. The Morgan fingerprint density at radius 2 is 1.70 bits per heavy atom. The van der Waals surface area contributed by atoms with E-state index < -0.39 is 0 Å². The molecule has 2 aromatic heterocycles. The van der Waals surface area contributed by atoms with Gasteiger partial charge in [-0.15, -0.1) is 11.3 Å². The molecule has 1 N–H and O–H groups in total. The number of fused-ring (bicyclic) bond motifs is 1. The SMILES string of the molecule is COc1ccc(-c2csc3nc(C)nc(NC4CCCCCCC4)c23)cc1. The third kappa shape index (κ3) is 4.08. The number of aromatic nitrogens is 2. The fraction of sp³-hybridized carbons (Fsp3) is 0.455. The second-order valence-electron chi connectivity index (χ2n) is 7.36. The van der Waals surface area contributed by atoms with Crippen LogP contribution in [-0.4, -0.2) is 23.1 Å². The van der Waals surface area contributed by atoms with Crippen molar-refractivity contribution in [2.75, 3.05) is 12.4 Å². The van der Waals surface area contributed by atoms with Gasteiger partial charge in [0.2, 0.25) is 0 Å². The van der Waals surface area contributed by atoms with Crippen LogP contribution < -0.4 is 10.1 Å². The van der Waals surface area contributed by atoms with Crippen LogP contribution >= 0.6 is 11.3 Å². The molecule has 27 heavy (non-hydrogen) atoms. The number of benzene rings is 1. The molecule has 1 saturated carbocycles. The van der Waals surface area contributed by atoms with Crippen LogP contribution in [0, 0.1) is 6.92 Å². The van der Waals surface area contributed by atoms with Crippen molar-refractivity contribution < 1.29 is 4.74 Å². The van der Waals surface area contributed by atoms with Crippen LogP contribution in [-0.2, 0) is 0 Å². The van der Waals surface area contributed by atoms with Gasteiger partial charge in [-0.3, -0.25) is 0 Å². The van der Waals surface area contributed by atoms with Crippen molar-refractivity contribution >= 4 is 27.4 Å². The summed E-state index contributed by atoms with van der Waals surface area (Å²) < 4.78 is 5.30. The lowest BCUT2D eigenvalue weighted by molar-refractivity contribution is 0.415. The molecule has 0 unspecified atom stereocenters. The minimum atomic E-state index is 0.506. The Labute approximate surface area is 165 Å². The highest BCUT2D eigenvalue weighted by Crippen LogP contribution is 2.38. The molecule has 0 spiro atoms. The highest BCUT2D eigenvalue weighted by molar-refractivity contribution is 7.17. The van der Waals surface area contributed by atoms with E-state index in [0.29, 0.717) is 6.04 Å². The molecule has 4 rings (SSSR count). The Hall–Kier alpha value is -2.14. The number of anilines is 1. The summed E-state index contributed by atoms with van der Waals surface area (Å²) in [5.74, 6) is 2.70. The molecule has 5 heteroatoms. The second kappa shape index (κ2) is 8.26. The molecule has 0 radical (unpaired) electrons. The van der Waals surface area contributed by atoms with Crippen LogP contribution in [0.3, 0.4) is 0 Å². The van der Waals surface area contributed by atoms with Gasteiger partial charge in [0.1, 0.15) is 22.2 Å². The number of thiophene rings is 1. The summed E-state index contributed by atoms with van der Waals surface area (Å²) in [7, 11) is 1.70. The maximum Gasteiger partial charge on any atom is 0.139 e. The smallest absolute Gasteiger partial charge is 0.139 e. The topological polar surface area (TPSA) is 47.0 Å². The van der Waals surface area contributed by atoms with Crippen molar-refractivity contribution in [3.8, 4) is 16.9 Å². The fourth-order valence-electron chi connectivity index (χ4n) is 3.93. The van der Waals surface area contributed by atoms with E-state index in [1.54, 1.807) is 18.4 Å². The molecule has 4 nitrogen and oxygen atoms in total. The molecule has 0 atom stereocenters. The minimum Gasteiger partial charge on any atom is -0.497 e. The Morgan fingerprint density at radius 3 is 2.41 bits per heavy atom. The highest BCUT2D eigenvalue weighted by Gasteiger charge is 2.18. The average molecular weight is 382 g/mol. The predicted octanol–water partition coefficient (Wildman–Crippen LogP) is 6.20. The van der Waals surface area contributed by atoms with Gasteiger partial charge in [-0.05, 0) is 37.5 Å². The van der Waals surface area contributed by atoms with Crippen LogP contribution in [0.4, 0.5) is 5.82 Å². The number of methoxy groups -OCH3 is 1. The van der Waals surface area contributed by atoms with Crippen LogP contribution in [0.15, 0.2) is 29.6 Å². The molecular formula is C22H27N3OS. The summed E-state index contributed by atoms with van der Waals surface area (Å²) in [5, 5.41) is 7.13. The van der Waals surface area contributed by atoms with Gasteiger partial charge in [-0.2, -0.15) is 0 Å². The van der Waals surface area contributed by atoms with Gasteiger partial charge >= 0.3 is 0 Å². The first-order chi connectivity index (χ1) is 13.2. The molecule has 1 fully saturated rings. The third-order valence-electron chi connectivity index (χ3n) is 5.39. The zero-order valence-corrected chi connectivity index (χ0v) is 16.9. The lowest BCUT2D eigenvalue weighted by Gasteiger charge is -2.22. The Kier molecular flexibility index (Phi) is 5.58. The van der Waals surface area contributed by atoms with Crippen molar-refractivity contribution in [2.45, 2.75) is 57.9 Å². The molecule has 0 aliphatic heterocycles. The maximum atomic E-state index is 5.30. The molecule has 2 heterocycles. The predicted molar refractivity (Wildman–Crippen MR) is 114 cm³/mol. The van der Waals surface area contributed by atoms with Gasteiger partial charge in [-0.1, -0.05) is 44.2 Å². The van der Waals surface area contributed by atoms with Crippen molar-refractivity contribution in [2.24, 2.45) is 0 Å². The average Bonchev–Trinajstić information content (AvgIpc) is 3.07. The number of hydrogen-bond donors (Lipinski definition) is 1. The molecule has 0 saturated heterocycles. The Morgan fingerprint density at radius 1 is 1.00 bits per heavy atom. The van der Waals surface area contributed by atoms with Crippen LogP contribution in [0.5, 0.6) is 5.75 Å². The molecule has 142 valence electrons. The van der Waals surface area contributed by atoms with Gasteiger partial charge < -0.3 is 10.1 Å². The quantitative estimate of drug-likeness (QED) is 0.584. The maximum absolute atomic E-state index is 5.30. The van der Waals surface area contributed by atoms with Crippen molar-refractivity contribution in [3.05, 3.63) is 35.5 Å². The Balaban J connectivity index is 1.71. The van der Waals surface area contributed by atoms with Gasteiger partial charge in [0.25, 0.3) is 0 Å². The molecule has 0 bridgehead atoms. The van der Waals surface area contributed by atoms with Gasteiger partial charge in [0, 0.05) is 17.0 Å². The van der Waals surface area contributed by atoms with Crippen molar-refractivity contribution in [1.29, 1.82) is 0 Å². The number of ether oxygens (including phenoxy) is 1. The Bertz CT molecular complexity index is 896. The monoisotopic (exact) mass is 381 g/mol. The van der Waals surface area contributed by atoms with Crippen LogP contribution in [0.2, 0.25) is 0 Å². The summed E-state index contributed by atoms with van der Waals surface area (Å²) in [4.78, 5) is 10.5. The standard InChI is InChI=1S/C22H27N3OS/c1-15-23-21(25-17-8-6-4-3-5-7-9-17)20-19(14-27-22(20)24-15)16-10-12-18(26-2)13-11-16/h10-14,17H,3-9H2,1-2H3,(H,23,24,25). The van der Waals surface area contributed by atoms with E-state index in [2.05, 4.69) is 27.8 Å². The molecule has 1 aliphatic rings. The summed E-state index contributed by atoms with van der Waals surface area (Å²) in [6.07, 6.45) is 9.16. The second-order valence-corrected chi connectivity index (χ2v) is 8.22. The van der Waals surface area contributed by atoms with Gasteiger partial charge in [0.15, 0.2) is 0 Å². The molecule has 3 aromatic rings. The molecule has 1 aromatic carbocycles. The summed E-state index contributed by atoms with van der Waals surface area (Å²) in [5.41, 5.74) is 2.38. The number of nitrogens with zero attached hydrogens (tertiary/aromatic N) is 2. The number of rotatable bonds is 4. The molecule has 0 amide bonds. The number of nitrogens with one attached hydrogen (secondary N) is 1. The first kappa shape index (κ1) is 18.2. The van der Waals surface area contributed by atoms with Crippen LogP contribution in [0.1, 0.15) is 50.8 Å². The lowest BCUT2D eigenvalue weighted by atomic mass is 9.96. The first-order valence-corrected chi connectivity index (χ1v) is 10.8. The van der Waals surface area contributed by atoms with Crippen molar-refractivity contribution in [3.63, 3.8) is 0 Å². The lowest BCUT2D eigenvalue weighted by Crippen LogP contribution is -2.21. The van der Waals surface area contributed by atoms with E-state index in [-0.39, 0.29) is 0 Å². The van der Waals surface area contributed by atoms with Gasteiger partial charge in [-0.25, -0.2) is 9.97 Å². The van der Waals surface area contributed by atoms with E-state index >= 15 is 0 Å². The van der Waals surface area contributed by atoms with Crippen LogP contribution in [0.25, 0.3) is 21.3 Å². The number of hydrogen-bond acceptors (Lipinski definition) is 5. The summed E-state index contributed by atoms with van der Waals surface area (Å²) in [6, 6.07) is 8.75. The minimum absolute atomic E-state index is 0.506. The first-order valence-electron chi connectivity index (χ1n) is 9.91. The molecular weight excluding hydrogens is 354 g/mol. The van der Waals surface area contributed by atoms with E-state index in [1.165, 1.54) is 56.1 Å². The number of aryl methyl sites for hydroxylation is 1. The third-order valence-corrected chi connectivity index (χ3v) is 6.26. The fourth-order valence-corrected chi connectivity index (χ4v) is 4.92. The van der Waals surface area contributed by atoms with Crippen molar-refractivity contribution in [1.82, 2.24) is 9.97 Å².